The van der Waals surface area contributed by atoms with Crippen LogP contribution in [0.3, 0.4) is 0 Å². The molecule has 4 aromatic rings. The number of rotatable bonds is 5. The van der Waals surface area contributed by atoms with E-state index in [4.69, 9.17) is 4.98 Å². The Kier molecular flexibility index (Phi) is 5.18. The molecule has 0 aliphatic carbocycles. The number of benzene rings is 2. The number of thioether (sulfide) groups is 1. The van der Waals surface area contributed by atoms with E-state index < -0.39 is 0 Å². The van der Waals surface area contributed by atoms with E-state index in [9.17, 15) is 4.39 Å². The molecule has 2 aromatic carbocycles. The molecular formula is C23H22FN3S. The number of hydrogen-bond donors (Lipinski definition) is 0. The Labute approximate surface area is 168 Å². The molecule has 0 bridgehead atoms. The summed E-state index contributed by atoms with van der Waals surface area (Å²) >= 11 is 1.61. The van der Waals surface area contributed by atoms with Crippen LogP contribution in [0.1, 0.15) is 27.8 Å². The molecular weight excluding hydrogens is 369 g/mol. The van der Waals surface area contributed by atoms with Crippen LogP contribution < -0.4 is 0 Å². The lowest BCUT2D eigenvalue weighted by atomic mass is 10.00. The van der Waals surface area contributed by atoms with Crippen LogP contribution in [-0.4, -0.2) is 14.5 Å². The summed E-state index contributed by atoms with van der Waals surface area (Å²) in [4.78, 5) is 9.36. The Morgan fingerprint density at radius 2 is 1.79 bits per heavy atom. The number of fused-ring (bicyclic) bond motifs is 1. The van der Waals surface area contributed by atoms with Crippen molar-refractivity contribution in [1.82, 2.24) is 14.5 Å². The Bertz CT molecular complexity index is 1130. The van der Waals surface area contributed by atoms with Crippen molar-refractivity contribution in [3.05, 3.63) is 88.4 Å². The summed E-state index contributed by atoms with van der Waals surface area (Å²) < 4.78 is 15.7. The van der Waals surface area contributed by atoms with Crippen LogP contribution in [0.15, 0.2) is 59.9 Å². The van der Waals surface area contributed by atoms with Crippen LogP contribution >= 0.6 is 11.8 Å². The van der Waals surface area contributed by atoms with E-state index in [-0.39, 0.29) is 5.82 Å². The largest absolute Gasteiger partial charge is 0.299 e. The van der Waals surface area contributed by atoms with Gasteiger partial charge >= 0.3 is 0 Å². The van der Waals surface area contributed by atoms with E-state index >= 15 is 0 Å². The first kappa shape index (κ1) is 18.7. The van der Waals surface area contributed by atoms with E-state index in [1.807, 2.05) is 18.2 Å². The van der Waals surface area contributed by atoms with E-state index in [1.165, 1.54) is 28.3 Å². The number of pyridine rings is 1. The van der Waals surface area contributed by atoms with Gasteiger partial charge in [0.05, 0.1) is 6.54 Å². The molecule has 28 heavy (non-hydrogen) atoms. The van der Waals surface area contributed by atoms with Gasteiger partial charge in [-0.3, -0.25) is 4.57 Å². The Balaban J connectivity index is 1.71. The van der Waals surface area contributed by atoms with Crippen LogP contribution in [0.25, 0.3) is 11.2 Å². The topological polar surface area (TPSA) is 30.7 Å². The molecule has 0 aliphatic heterocycles. The van der Waals surface area contributed by atoms with Crippen LogP contribution in [0.2, 0.25) is 0 Å². The highest BCUT2D eigenvalue weighted by molar-refractivity contribution is 7.98. The first-order valence-electron chi connectivity index (χ1n) is 9.26. The van der Waals surface area contributed by atoms with Crippen LogP contribution in [0.5, 0.6) is 0 Å². The van der Waals surface area contributed by atoms with Gasteiger partial charge in [0, 0.05) is 11.9 Å². The zero-order valence-corrected chi connectivity index (χ0v) is 17.1. The lowest BCUT2D eigenvalue weighted by molar-refractivity contribution is 0.626. The summed E-state index contributed by atoms with van der Waals surface area (Å²) in [7, 11) is 0. The third-order valence-corrected chi connectivity index (χ3v) is 5.93. The van der Waals surface area contributed by atoms with Gasteiger partial charge in [-0.05, 0) is 67.3 Å². The van der Waals surface area contributed by atoms with Gasteiger partial charge in [0.25, 0.3) is 0 Å². The highest BCUT2D eigenvalue weighted by atomic mass is 32.2. The Hall–Kier alpha value is -2.66. The molecule has 0 saturated carbocycles. The molecule has 0 saturated heterocycles. The van der Waals surface area contributed by atoms with Crippen molar-refractivity contribution in [3.63, 3.8) is 0 Å². The normalized spacial score (nSPS) is 11.3. The van der Waals surface area contributed by atoms with Gasteiger partial charge in [0.15, 0.2) is 10.8 Å². The molecule has 0 fully saturated rings. The average Bonchev–Trinajstić information content (AvgIpc) is 3.00. The smallest absolute Gasteiger partial charge is 0.170 e. The van der Waals surface area contributed by atoms with Gasteiger partial charge in [-0.15, -0.1) is 0 Å². The maximum atomic E-state index is 13.5. The molecule has 142 valence electrons. The molecule has 5 heteroatoms. The molecule has 0 aliphatic rings. The summed E-state index contributed by atoms with van der Waals surface area (Å²) in [5.74, 6) is 0.451. The SMILES string of the molecule is Cc1cc(C)c(Cn2c(SCc3cccc(F)c3)nc3cccnc32)c(C)c1. The summed E-state index contributed by atoms with van der Waals surface area (Å²) in [5.41, 5.74) is 7.82. The van der Waals surface area contributed by atoms with Gasteiger partial charge in [0.1, 0.15) is 11.3 Å². The third-order valence-electron chi connectivity index (χ3n) is 4.88. The number of halogens is 1. The molecule has 2 heterocycles. The molecule has 0 atom stereocenters. The van der Waals surface area contributed by atoms with Crippen molar-refractivity contribution in [3.8, 4) is 0 Å². The standard InChI is InChI=1S/C23H22FN3S/c1-15-10-16(2)20(17(3)11-15)13-27-22-21(8-5-9-25-22)26-23(27)28-14-18-6-4-7-19(24)12-18/h4-12H,13-14H2,1-3H3. The van der Waals surface area contributed by atoms with Crippen LogP contribution in [0.4, 0.5) is 4.39 Å². The van der Waals surface area contributed by atoms with Gasteiger partial charge < -0.3 is 0 Å². The summed E-state index contributed by atoms with van der Waals surface area (Å²) in [6, 6.07) is 15.1. The Morgan fingerprint density at radius 1 is 1.00 bits per heavy atom. The fourth-order valence-corrected chi connectivity index (χ4v) is 4.53. The molecule has 3 nitrogen and oxygen atoms in total. The first-order valence-corrected chi connectivity index (χ1v) is 10.2. The summed E-state index contributed by atoms with van der Waals surface area (Å²) in [5, 5.41) is 0.900. The minimum Gasteiger partial charge on any atom is -0.299 e. The maximum Gasteiger partial charge on any atom is 0.170 e. The zero-order valence-electron chi connectivity index (χ0n) is 16.2. The third kappa shape index (κ3) is 3.80. The average molecular weight is 392 g/mol. The van der Waals surface area contributed by atoms with Crippen molar-refractivity contribution in [2.75, 3.05) is 0 Å². The fraction of sp³-hybridized carbons (Fsp3) is 0.217. The van der Waals surface area contributed by atoms with Crippen LogP contribution in [0, 0.1) is 26.6 Å². The van der Waals surface area contributed by atoms with Gasteiger partial charge in [-0.1, -0.05) is 41.6 Å². The molecule has 4 rings (SSSR count). The van der Waals surface area contributed by atoms with Crippen LogP contribution in [-0.2, 0) is 12.3 Å². The summed E-state index contributed by atoms with van der Waals surface area (Å²) in [6.07, 6.45) is 1.80. The Morgan fingerprint density at radius 3 is 2.54 bits per heavy atom. The minimum atomic E-state index is -0.209. The second kappa shape index (κ2) is 7.76. The monoisotopic (exact) mass is 391 g/mol. The molecule has 0 radical (unpaired) electrons. The second-order valence-corrected chi connectivity index (χ2v) is 8.07. The van der Waals surface area contributed by atoms with Crippen molar-refractivity contribution in [2.24, 2.45) is 0 Å². The minimum absolute atomic E-state index is 0.209. The number of nitrogens with zero attached hydrogens (tertiary/aromatic N) is 3. The number of aryl methyl sites for hydroxylation is 3. The number of hydrogen-bond acceptors (Lipinski definition) is 3. The molecule has 0 unspecified atom stereocenters. The summed E-state index contributed by atoms with van der Waals surface area (Å²) in [6.45, 7) is 7.15. The highest BCUT2D eigenvalue weighted by Crippen LogP contribution is 2.28. The molecule has 0 spiro atoms. The van der Waals surface area contributed by atoms with E-state index in [0.29, 0.717) is 5.75 Å². The number of imidazole rings is 1. The van der Waals surface area contributed by atoms with Gasteiger partial charge in [-0.2, -0.15) is 0 Å². The molecule has 2 aromatic heterocycles. The van der Waals surface area contributed by atoms with Gasteiger partial charge in [-0.25, -0.2) is 14.4 Å². The second-order valence-electron chi connectivity index (χ2n) is 7.12. The lowest BCUT2D eigenvalue weighted by Crippen LogP contribution is -2.06. The lowest BCUT2D eigenvalue weighted by Gasteiger charge is -2.14. The predicted molar refractivity (Wildman–Crippen MR) is 113 cm³/mol. The fourth-order valence-electron chi connectivity index (χ4n) is 3.58. The van der Waals surface area contributed by atoms with E-state index in [2.05, 4.69) is 42.5 Å². The zero-order chi connectivity index (χ0) is 19.7. The quantitative estimate of drug-likeness (QED) is 0.401. The van der Waals surface area contributed by atoms with E-state index in [1.54, 1.807) is 30.1 Å². The van der Waals surface area contributed by atoms with Crippen molar-refractivity contribution >= 4 is 22.9 Å². The van der Waals surface area contributed by atoms with E-state index in [0.717, 1.165) is 28.4 Å². The predicted octanol–water partition coefficient (Wildman–Crippen LogP) is 5.84. The molecule has 0 N–H and O–H groups in total. The molecule has 0 amide bonds. The van der Waals surface area contributed by atoms with Crippen molar-refractivity contribution < 1.29 is 4.39 Å². The maximum absolute atomic E-state index is 13.5. The highest BCUT2D eigenvalue weighted by Gasteiger charge is 2.15. The first-order chi connectivity index (χ1) is 13.5. The van der Waals surface area contributed by atoms with Crippen molar-refractivity contribution in [1.29, 1.82) is 0 Å². The number of aromatic nitrogens is 3. The van der Waals surface area contributed by atoms with Gasteiger partial charge in [0.2, 0.25) is 0 Å². The van der Waals surface area contributed by atoms with Crippen molar-refractivity contribution in [2.45, 2.75) is 38.2 Å².